The fraction of sp³-hybridized carbons (Fsp3) is 0.174. The topological polar surface area (TPSA) is 84.9 Å². The molecule has 0 heterocycles. The monoisotopic (exact) mass is 518 g/mol. The van der Waals surface area contributed by atoms with Gasteiger partial charge in [0.25, 0.3) is 15.9 Å². The normalized spacial score (nSPS) is 11.0. The van der Waals surface area contributed by atoms with Crippen molar-refractivity contribution < 1.29 is 22.7 Å². The first kappa shape index (κ1) is 23.6. The number of aryl methyl sites for hydroxylation is 1. The fourth-order valence-electron chi connectivity index (χ4n) is 3.02. The van der Waals surface area contributed by atoms with Gasteiger partial charge < -0.3 is 14.8 Å². The molecule has 3 aromatic rings. The van der Waals surface area contributed by atoms with Gasteiger partial charge >= 0.3 is 0 Å². The van der Waals surface area contributed by atoms with E-state index in [0.29, 0.717) is 28.4 Å². The number of nitrogens with one attached hydrogen (secondary N) is 1. The van der Waals surface area contributed by atoms with Crippen LogP contribution in [0, 0.1) is 6.92 Å². The van der Waals surface area contributed by atoms with E-state index < -0.39 is 10.0 Å². The Morgan fingerprint density at radius 1 is 0.938 bits per heavy atom. The third-order valence-electron chi connectivity index (χ3n) is 4.92. The van der Waals surface area contributed by atoms with Crippen LogP contribution < -0.4 is 19.1 Å². The van der Waals surface area contributed by atoms with Gasteiger partial charge in [0.2, 0.25) is 0 Å². The number of nitrogens with zero attached hydrogens (tertiary/aromatic N) is 1. The molecule has 0 radical (unpaired) electrons. The van der Waals surface area contributed by atoms with E-state index in [-0.39, 0.29) is 10.8 Å². The van der Waals surface area contributed by atoms with Crippen molar-refractivity contribution in [1.82, 2.24) is 0 Å². The second kappa shape index (κ2) is 9.62. The average Bonchev–Trinajstić information content (AvgIpc) is 2.80. The van der Waals surface area contributed by atoms with Crippen LogP contribution >= 0.6 is 15.9 Å². The van der Waals surface area contributed by atoms with Crippen molar-refractivity contribution >= 4 is 43.2 Å². The van der Waals surface area contributed by atoms with Gasteiger partial charge in [-0.2, -0.15) is 0 Å². The molecule has 168 valence electrons. The van der Waals surface area contributed by atoms with E-state index in [0.717, 1.165) is 14.3 Å². The lowest BCUT2D eigenvalue weighted by Gasteiger charge is -2.20. The van der Waals surface area contributed by atoms with Gasteiger partial charge in [-0.15, -0.1) is 0 Å². The summed E-state index contributed by atoms with van der Waals surface area (Å²) in [6.45, 7) is 1.93. The number of halogens is 1. The van der Waals surface area contributed by atoms with E-state index in [1.165, 1.54) is 39.5 Å². The molecule has 3 rings (SSSR count). The number of carbonyl (C=O) groups is 1. The molecule has 0 aliphatic rings. The summed E-state index contributed by atoms with van der Waals surface area (Å²) in [6, 6.07) is 16.3. The van der Waals surface area contributed by atoms with Crippen molar-refractivity contribution in [2.75, 3.05) is 30.9 Å². The molecule has 0 unspecified atom stereocenters. The Bertz CT molecular complexity index is 1240. The van der Waals surface area contributed by atoms with E-state index in [1.54, 1.807) is 30.3 Å². The largest absolute Gasteiger partial charge is 0.493 e. The molecule has 0 aliphatic carbocycles. The van der Waals surface area contributed by atoms with Crippen molar-refractivity contribution in [3.63, 3.8) is 0 Å². The molecule has 7 nitrogen and oxygen atoms in total. The molecule has 0 aliphatic heterocycles. The van der Waals surface area contributed by atoms with Gasteiger partial charge in [-0.05, 0) is 67.1 Å². The SMILES string of the molecule is COc1ccc(S(=O)(=O)N(C)c2ccc(C(=O)Nc3ccc(Br)c(C)c3)cc2)cc1OC. The molecule has 1 amide bonds. The van der Waals surface area contributed by atoms with Crippen LogP contribution in [0.25, 0.3) is 0 Å². The van der Waals surface area contributed by atoms with Gasteiger partial charge in [0.1, 0.15) is 0 Å². The molecule has 3 aromatic carbocycles. The van der Waals surface area contributed by atoms with Gasteiger partial charge in [-0.25, -0.2) is 8.42 Å². The minimum atomic E-state index is -3.85. The molecule has 0 atom stereocenters. The fourth-order valence-corrected chi connectivity index (χ4v) is 4.48. The smallest absolute Gasteiger partial charge is 0.264 e. The number of hydrogen-bond donors (Lipinski definition) is 1. The van der Waals surface area contributed by atoms with Gasteiger partial charge in [-0.3, -0.25) is 9.10 Å². The molecule has 32 heavy (non-hydrogen) atoms. The lowest BCUT2D eigenvalue weighted by Crippen LogP contribution is -2.26. The maximum absolute atomic E-state index is 13.1. The first-order valence-corrected chi connectivity index (χ1v) is 11.8. The maximum atomic E-state index is 13.1. The summed E-state index contributed by atoms with van der Waals surface area (Å²) in [5, 5.41) is 2.84. The van der Waals surface area contributed by atoms with E-state index in [4.69, 9.17) is 9.47 Å². The van der Waals surface area contributed by atoms with Crippen molar-refractivity contribution in [3.05, 3.63) is 76.3 Å². The van der Waals surface area contributed by atoms with Gasteiger partial charge in [-0.1, -0.05) is 15.9 Å². The minimum absolute atomic E-state index is 0.0603. The molecule has 9 heteroatoms. The standard InChI is InChI=1S/C23H23BrN2O5S/c1-15-13-17(7-11-20(15)24)25-23(27)16-5-8-18(9-6-16)26(2)32(28,29)19-10-12-21(30-3)22(14-19)31-4/h5-14H,1-4H3,(H,25,27). The van der Waals surface area contributed by atoms with Gasteiger partial charge in [0, 0.05) is 28.8 Å². The van der Waals surface area contributed by atoms with E-state index in [2.05, 4.69) is 21.2 Å². The summed E-state index contributed by atoms with van der Waals surface area (Å²) < 4.78 is 38.6. The van der Waals surface area contributed by atoms with Crippen molar-refractivity contribution in [3.8, 4) is 11.5 Å². The minimum Gasteiger partial charge on any atom is -0.493 e. The lowest BCUT2D eigenvalue weighted by atomic mass is 10.1. The van der Waals surface area contributed by atoms with Crippen molar-refractivity contribution in [2.45, 2.75) is 11.8 Å². The Kier molecular flexibility index (Phi) is 7.10. The van der Waals surface area contributed by atoms with Crippen LogP contribution in [0.1, 0.15) is 15.9 Å². The van der Waals surface area contributed by atoms with Crippen LogP contribution in [0.3, 0.4) is 0 Å². The summed E-state index contributed by atoms with van der Waals surface area (Å²) in [5.41, 5.74) is 2.50. The number of rotatable bonds is 7. The second-order valence-corrected chi connectivity index (χ2v) is 9.78. The molecule has 0 aromatic heterocycles. The first-order valence-electron chi connectivity index (χ1n) is 9.56. The van der Waals surface area contributed by atoms with Gasteiger partial charge in [0.05, 0.1) is 24.8 Å². The third kappa shape index (κ3) is 4.89. The highest BCUT2D eigenvalue weighted by molar-refractivity contribution is 9.10. The Labute approximate surface area is 196 Å². The van der Waals surface area contributed by atoms with Crippen molar-refractivity contribution in [1.29, 1.82) is 0 Å². The van der Waals surface area contributed by atoms with Crippen LogP contribution in [0.15, 0.2) is 70.0 Å². The summed E-state index contributed by atoms with van der Waals surface area (Å²) in [7, 11) is 0.525. The molecular formula is C23H23BrN2O5S. The Balaban J connectivity index is 1.80. The van der Waals surface area contributed by atoms with E-state index >= 15 is 0 Å². The van der Waals surface area contributed by atoms with Crippen LogP contribution in [-0.4, -0.2) is 35.6 Å². The molecule has 0 spiro atoms. The number of sulfonamides is 1. The van der Waals surface area contributed by atoms with Crippen molar-refractivity contribution in [2.24, 2.45) is 0 Å². The number of hydrogen-bond acceptors (Lipinski definition) is 5. The molecule has 0 saturated carbocycles. The summed E-state index contributed by atoms with van der Waals surface area (Å²) in [4.78, 5) is 12.6. The van der Waals surface area contributed by atoms with Crippen LogP contribution in [0.5, 0.6) is 11.5 Å². The number of anilines is 2. The number of amides is 1. The zero-order valence-electron chi connectivity index (χ0n) is 18.0. The molecule has 1 N–H and O–H groups in total. The summed E-state index contributed by atoms with van der Waals surface area (Å²) in [6.07, 6.45) is 0. The summed E-state index contributed by atoms with van der Waals surface area (Å²) in [5.74, 6) is 0.464. The predicted molar refractivity (Wildman–Crippen MR) is 128 cm³/mol. The maximum Gasteiger partial charge on any atom is 0.264 e. The van der Waals surface area contributed by atoms with Gasteiger partial charge in [0.15, 0.2) is 11.5 Å². The number of ether oxygens (including phenoxy) is 2. The number of benzene rings is 3. The Hall–Kier alpha value is -3.04. The number of carbonyl (C=O) groups excluding carboxylic acids is 1. The Morgan fingerprint density at radius 3 is 2.19 bits per heavy atom. The van der Waals surface area contributed by atoms with E-state index in [1.807, 2.05) is 19.1 Å². The highest BCUT2D eigenvalue weighted by Crippen LogP contribution is 2.31. The quantitative estimate of drug-likeness (QED) is 0.483. The highest BCUT2D eigenvalue weighted by atomic mass is 79.9. The molecule has 0 bridgehead atoms. The Morgan fingerprint density at radius 2 is 1.59 bits per heavy atom. The van der Waals surface area contributed by atoms with Crippen LogP contribution in [0.4, 0.5) is 11.4 Å². The molecule has 0 fully saturated rings. The van der Waals surface area contributed by atoms with E-state index in [9.17, 15) is 13.2 Å². The molecular weight excluding hydrogens is 496 g/mol. The zero-order valence-corrected chi connectivity index (χ0v) is 20.5. The number of methoxy groups -OCH3 is 2. The zero-order chi connectivity index (χ0) is 23.5. The van der Waals surface area contributed by atoms with Crippen LogP contribution in [-0.2, 0) is 10.0 Å². The highest BCUT2D eigenvalue weighted by Gasteiger charge is 2.23. The molecule has 0 saturated heterocycles. The van der Waals surface area contributed by atoms with Crippen LogP contribution in [0.2, 0.25) is 0 Å². The third-order valence-corrected chi connectivity index (χ3v) is 7.59. The second-order valence-electron chi connectivity index (χ2n) is 6.95. The first-order chi connectivity index (χ1) is 15.2. The predicted octanol–water partition coefficient (Wildman–Crippen LogP) is 4.85. The lowest BCUT2D eigenvalue weighted by molar-refractivity contribution is 0.102. The summed E-state index contributed by atoms with van der Waals surface area (Å²) >= 11 is 3.43. The average molecular weight is 519 g/mol.